The van der Waals surface area contributed by atoms with Crippen molar-refractivity contribution in [1.82, 2.24) is 9.97 Å². The number of hydrogen-bond acceptors (Lipinski definition) is 7. The van der Waals surface area contributed by atoms with Gasteiger partial charge < -0.3 is 19.3 Å². The van der Waals surface area contributed by atoms with Crippen LogP contribution >= 0.6 is 0 Å². The Balaban J connectivity index is 0.000000801. The van der Waals surface area contributed by atoms with E-state index in [-0.39, 0.29) is 26.3 Å². The van der Waals surface area contributed by atoms with Crippen molar-refractivity contribution in [2.24, 2.45) is 0 Å². The molecule has 0 bridgehead atoms. The minimum Gasteiger partial charge on any atom is -0.481 e. The molecule has 2 saturated heterocycles. The Morgan fingerprint density at radius 2 is 2.27 bits per heavy atom. The Morgan fingerprint density at radius 1 is 1.55 bits per heavy atom. The lowest BCUT2D eigenvalue weighted by Gasteiger charge is -2.17. The topological polar surface area (TPSA) is 108 Å². The van der Waals surface area contributed by atoms with Crippen molar-refractivity contribution in [2.75, 3.05) is 19.5 Å². The molecule has 3 heterocycles. The van der Waals surface area contributed by atoms with Gasteiger partial charge in [0.2, 0.25) is 11.0 Å². The second kappa shape index (κ2) is 7.61. The first kappa shape index (κ1) is 16.8. The van der Waals surface area contributed by atoms with Crippen LogP contribution in [0.4, 0.5) is 0 Å². The molecular weight excluding hydrogens is 312 g/mol. The Labute approximate surface area is 133 Å². The summed E-state index contributed by atoms with van der Waals surface area (Å²) in [4.78, 5) is 17.0. The molecule has 22 heavy (non-hydrogen) atoms. The number of rotatable bonds is 3. The van der Waals surface area contributed by atoms with Crippen molar-refractivity contribution in [1.29, 1.82) is 0 Å². The summed E-state index contributed by atoms with van der Waals surface area (Å²) in [6.07, 6.45) is 3.96. The van der Waals surface area contributed by atoms with Crippen LogP contribution in [0.15, 0.2) is 17.4 Å². The average Bonchev–Trinajstić information content (AvgIpc) is 3.03. The van der Waals surface area contributed by atoms with Gasteiger partial charge in [-0.1, -0.05) is 0 Å². The van der Waals surface area contributed by atoms with Crippen LogP contribution < -0.4 is 4.74 Å². The number of aromatic nitrogens is 2. The smallest absolute Gasteiger partial charge is 0.300 e. The van der Waals surface area contributed by atoms with Crippen molar-refractivity contribution >= 4 is 16.8 Å². The van der Waals surface area contributed by atoms with E-state index in [1.165, 1.54) is 6.26 Å². The Hall–Kier alpha value is -1.58. The molecule has 1 aromatic heterocycles. The average molecular weight is 334 g/mol. The summed E-state index contributed by atoms with van der Waals surface area (Å²) < 4.78 is 28.2. The molecule has 0 spiro atoms. The fourth-order valence-corrected chi connectivity index (χ4v) is 2.64. The van der Waals surface area contributed by atoms with Gasteiger partial charge in [0.25, 0.3) is 5.97 Å². The highest BCUT2D eigenvalue weighted by molar-refractivity contribution is 7.84. The molecule has 1 aromatic rings. The third kappa shape index (κ3) is 4.46. The Bertz CT molecular complexity index is 561. The van der Waals surface area contributed by atoms with E-state index >= 15 is 0 Å². The molecule has 9 heteroatoms. The molecule has 8 nitrogen and oxygen atoms in total. The first-order valence-electron chi connectivity index (χ1n) is 6.73. The van der Waals surface area contributed by atoms with E-state index < -0.39 is 16.8 Å². The van der Waals surface area contributed by atoms with Gasteiger partial charge >= 0.3 is 0 Å². The highest BCUT2D eigenvalue weighted by Gasteiger charge is 2.43. The van der Waals surface area contributed by atoms with Crippen molar-refractivity contribution in [3.8, 4) is 5.88 Å². The molecule has 2 aliphatic rings. The number of aliphatic carboxylic acids is 1. The van der Waals surface area contributed by atoms with E-state index in [9.17, 15) is 4.21 Å². The molecule has 0 amide bonds. The summed E-state index contributed by atoms with van der Waals surface area (Å²) >= 11 is 0. The quantitative estimate of drug-likeness (QED) is 0.806. The van der Waals surface area contributed by atoms with Crippen LogP contribution in [0, 0.1) is 0 Å². The third-order valence-electron chi connectivity index (χ3n) is 3.06. The highest BCUT2D eigenvalue weighted by atomic mass is 32.2. The second-order valence-corrected chi connectivity index (χ2v) is 6.08. The van der Waals surface area contributed by atoms with Crippen LogP contribution in [0.1, 0.15) is 16.2 Å². The van der Waals surface area contributed by atoms with Gasteiger partial charge in [-0.25, -0.2) is 4.98 Å². The highest BCUT2D eigenvalue weighted by Crippen LogP contribution is 2.28. The van der Waals surface area contributed by atoms with E-state index in [4.69, 9.17) is 24.1 Å². The summed E-state index contributed by atoms with van der Waals surface area (Å²) in [5.74, 6) is -0.417. The van der Waals surface area contributed by atoms with E-state index in [1.54, 1.807) is 12.3 Å². The lowest BCUT2D eigenvalue weighted by atomic mass is 10.1. The monoisotopic (exact) mass is 334 g/mol. The molecule has 0 radical (unpaired) electrons. The van der Waals surface area contributed by atoms with Crippen LogP contribution in [0.5, 0.6) is 5.88 Å². The van der Waals surface area contributed by atoms with Gasteiger partial charge in [-0.05, 0) is 6.42 Å². The summed E-state index contributed by atoms with van der Waals surface area (Å²) in [5, 5.41) is 7.69. The third-order valence-corrected chi connectivity index (χ3v) is 3.77. The SMILES string of the molecule is CC(=O)O.CS(=O)c1nccc(O[C@H]2COC3CCOC32)n1.[HH].[HH]. The van der Waals surface area contributed by atoms with Gasteiger partial charge in [-0.2, -0.15) is 4.98 Å². The zero-order valence-corrected chi connectivity index (χ0v) is 13.1. The fourth-order valence-electron chi connectivity index (χ4n) is 2.22. The maximum Gasteiger partial charge on any atom is 0.300 e. The number of nitrogens with zero attached hydrogens (tertiary/aromatic N) is 2. The van der Waals surface area contributed by atoms with Gasteiger partial charge in [0.05, 0.1) is 23.5 Å². The van der Waals surface area contributed by atoms with Crippen molar-refractivity contribution in [3.63, 3.8) is 0 Å². The van der Waals surface area contributed by atoms with Crippen molar-refractivity contribution < 1.29 is 31.2 Å². The number of hydrogen-bond donors (Lipinski definition) is 1. The summed E-state index contributed by atoms with van der Waals surface area (Å²) in [7, 11) is -1.21. The molecule has 2 aliphatic heterocycles. The lowest BCUT2D eigenvalue weighted by molar-refractivity contribution is -0.134. The number of fused-ring (bicyclic) bond motifs is 1. The predicted octanol–water partition coefficient (Wildman–Crippen LogP) is 0.732. The normalized spacial score (nSPS) is 27.5. The van der Waals surface area contributed by atoms with Crippen LogP contribution in [0.3, 0.4) is 0 Å². The van der Waals surface area contributed by atoms with E-state index in [0.717, 1.165) is 13.3 Å². The Kier molecular flexibility index (Phi) is 5.81. The zero-order valence-electron chi connectivity index (χ0n) is 12.3. The summed E-state index contributed by atoms with van der Waals surface area (Å²) in [6, 6.07) is 1.65. The number of ether oxygens (including phenoxy) is 3. The molecule has 3 rings (SSSR count). The van der Waals surface area contributed by atoms with Crippen molar-refractivity contribution in [2.45, 2.75) is 36.8 Å². The van der Waals surface area contributed by atoms with Crippen LogP contribution in [0.25, 0.3) is 0 Å². The maximum atomic E-state index is 11.3. The standard InChI is InChI=1S/C11H14N2O4S.C2H4O2.2H2/c1-18(14)11-12-4-2-9(13-11)17-8-6-16-7-3-5-15-10(7)8;1-2(3)4;;/h2,4,7-8,10H,3,5-6H2,1H3;1H3,(H,3,4);2*1H/t7?,8-,10?,18?;;;/m0.../s1. The molecule has 0 aromatic carbocycles. The van der Waals surface area contributed by atoms with Crippen LogP contribution in [-0.4, -0.2) is 63.0 Å². The first-order chi connectivity index (χ1) is 10.5. The molecule has 2 fully saturated rings. The Morgan fingerprint density at radius 3 is 2.95 bits per heavy atom. The maximum absolute atomic E-state index is 11.3. The molecule has 126 valence electrons. The largest absolute Gasteiger partial charge is 0.481 e. The second-order valence-electron chi connectivity index (χ2n) is 4.80. The van der Waals surface area contributed by atoms with E-state index in [2.05, 4.69) is 9.97 Å². The van der Waals surface area contributed by atoms with Crippen molar-refractivity contribution in [3.05, 3.63) is 12.3 Å². The van der Waals surface area contributed by atoms with Gasteiger partial charge in [-0.15, -0.1) is 0 Å². The minimum absolute atomic E-state index is 0. The van der Waals surface area contributed by atoms with Gasteiger partial charge in [0.15, 0.2) is 6.10 Å². The predicted molar refractivity (Wildman–Crippen MR) is 80.4 cm³/mol. The first-order valence-corrected chi connectivity index (χ1v) is 8.29. The molecule has 3 unspecified atom stereocenters. The fraction of sp³-hybridized carbons (Fsp3) is 0.615. The minimum atomic E-state index is -1.21. The van der Waals surface area contributed by atoms with Crippen LogP contribution in [0.2, 0.25) is 0 Å². The number of carboxylic acids is 1. The number of carbonyl (C=O) groups is 1. The molecular formula is C13H22N2O6S. The van der Waals surface area contributed by atoms with Gasteiger partial charge in [0, 0.05) is 34.9 Å². The van der Waals surface area contributed by atoms with Crippen LogP contribution in [-0.2, 0) is 25.1 Å². The molecule has 4 atom stereocenters. The summed E-state index contributed by atoms with van der Waals surface area (Å²) in [5.41, 5.74) is 0. The molecule has 0 saturated carbocycles. The van der Waals surface area contributed by atoms with E-state index in [0.29, 0.717) is 19.1 Å². The van der Waals surface area contributed by atoms with Gasteiger partial charge in [0.1, 0.15) is 6.10 Å². The summed E-state index contributed by atoms with van der Waals surface area (Å²) in [6.45, 7) is 2.30. The van der Waals surface area contributed by atoms with E-state index in [1.807, 2.05) is 0 Å². The van der Waals surface area contributed by atoms with Gasteiger partial charge in [-0.3, -0.25) is 9.00 Å². The lowest BCUT2D eigenvalue weighted by Crippen LogP contribution is -2.32. The zero-order chi connectivity index (χ0) is 16.1. The number of carboxylic acid groups (broad SMARTS) is 1. The molecule has 0 aliphatic carbocycles. The molecule has 1 N–H and O–H groups in total.